The molecule has 18 heavy (non-hydrogen) atoms. The molecule has 0 bridgehead atoms. The Balaban J connectivity index is 1.84. The van der Waals surface area contributed by atoms with Crippen molar-refractivity contribution in [3.05, 3.63) is 24.3 Å². The monoisotopic (exact) mass is 248 g/mol. The molecule has 1 saturated carbocycles. The van der Waals surface area contributed by atoms with Crippen LogP contribution in [0.2, 0.25) is 0 Å². The second-order valence-corrected chi connectivity index (χ2v) is 4.82. The highest BCUT2D eigenvalue weighted by molar-refractivity contribution is 5.81. The molecule has 1 aliphatic carbocycles. The van der Waals surface area contributed by atoms with E-state index in [4.69, 9.17) is 10.5 Å². The second kappa shape index (κ2) is 5.76. The van der Waals surface area contributed by atoms with Crippen LogP contribution in [-0.4, -0.2) is 18.1 Å². The molecule has 3 N–H and O–H groups in total. The molecule has 2 rings (SSSR count). The summed E-state index contributed by atoms with van der Waals surface area (Å²) in [6, 6.07) is 7.40. The molecule has 98 valence electrons. The van der Waals surface area contributed by atoms with Crippen LogP contribution in [0, 0.1) is 0 Å². The highest BCUT2D eigenvalue weighted by atomic mass is 16.5. The van der Waals surface area contributed by atoms with Gasteiger partial charge in [-0.1, -0.05) is 12.8 Å². The Labute approximate surface area is 108 Å². The molecule has 0 heterocycles. The number of hydrogen-bond acceptors (Lipinski definition) is 3. The van der Waals surface area contributed by atoms with Crippen molar-refractivity contribution in [3.63, 3.8) is 0 Å². The number of nitrogen functional groups attached to an aromatic ring is 1. The molecule has 1 atom stereocenters. The van der Waals surface area contributed by atoms with E-state index in [-0.39, 0.29) is 5.91 Å². The SMILES string of the molecule is CC(Oc1ccc(N)cc1)C(=O)NC1CCCC1. The Morgan fingerprint density at radius 3 is 2.56 bits per heavy atom. The number of nitrogens with one attached hydrogen (secondary N) is 1. The highest BCUT2D eigenvalue weighted by Gasteiger charge is 2.21. The van der Waals surface area contributed by atoms with E-state index in [2.05, 4.69) is 5.32 Å². The first kappa shape index (κ1) is 12.7. The summed E-state index contributed by atoms with van der Waals surface area (Å²) in [4.78, 5) is 11.9. The summed E-state index contributed by atoms with van der Waals surface area (Å²) >= 11 is 0. The Morgan fingerprint density at radius 2 is 1.94 bits per heavy atom. The molecule has 0 saturated heterocycles. The van der Waals surface area contributed by atoms with Gasteiger partial charge < -0.3 is 15.8 Å². The van der Waals surface area contributed by atoms with Crippen molar-refractivity contribution in [2.24, 2.45) is 0 Å². The number of amides is 1. The molecule has 4 heteroatoms. The summed E-state index contributed by atoms with van der Waals surface area (Å²) in [6.45, 7) is 1.76. The van der Waals surface area contributed by atoms with Crippen molar-refractivity contribution in [2.75, 3.05) is 5.73 Å². The second-order valence-electron chi connectivity index (χ2n) is 4.82. The van der Waals surface area contributed by atoms with Crippen LogP contribution in [0.15, 0.2) is 24.3 Å². The topological polar surface area (TPSA) is 64.3 Å². The lowest BCUT2D eigenvalue weighted by atomic mass is 10.2. The number of rotatable bonds is 4. The normalized spacial score (nSPS) is 17.4. The van der Waals surface area contributed by atoms with Gasteiger partial charge in [0.2, 0.25) is 0 Å². The quantitative estimate of drug-likeness (QED) is 0.802. The fourth-order valence-corrected chi connectivity index (χ4v) is 2.19. The molecule has 1 aromatic carbocycles. The van der Waals surface area contributed by atoms with Crippen LogP contribution in [0.4, 0.5) is 5.69 Å². The van der Waals surface area contributed by atoms with Crippen molar-refractivity contribution in [1.29, 1.82) is 0 Å². The van der Waals surface area contributed by atoms with E-state index in [1.165, 1.54) is 12.8 Å². The summed E-state index contributed by atoms with van der Waals surface area (Å²) in [5, 5.41) is 3.02. The minimum atomic E-state index is -0.478. The standard InChI is InChI=1S/C14H20N2O2/c1-10(14(17)16-12-4-2-3-5-12)18-13-8-6-11(15)7-9-13/h6-10,12H,2-5,15H2,1H3,(H,16,17). The molecular formula is C14H20N2O2. The molecule has 1 aliphatic rings. The molecule has 0 radical (unpaired) electrons. The third-order valence-corrected chi connectivity index (χ3v) is 3.26. The first-order valence-electron chi connectivity index (χ1n) is 6.48. The Kier molecular flexibility index (Phi) is 4.07. The Bertz CT molecular complexity index is 397. The predicted octanol–water partition coefficient (Wildman–Crippen LogP) is 2.09. The predicted molar refractivity (Wildman–Crippen MR) is 71.3 cm³/mol. The van der Waals surface area contributed by atoms with E-state index < -0.39 is 6.10 Å². The van der Waals surface area contributed by atoms with E-state index in [0.29, 0.717) is 17.5 Å². The van der Waals surface area contributed by atoms with Crippen molar-refractivity contribution in [1.82, 2.24) is 5.32 Å². The van der Waals surface area contributed by atoms with Gasteiger partial charge in [-0.3, -0.25) is 4.79 Å². The van der Waals surface area contributed by atoms with Crippen molar-refractivity contribution >= 4 is 11.6 Å². The van der Waals surface area contributed by atoms with Crippen molar-refractivity contribution in [2.45, 2.75) is 44.8 Å². The van der Waals surface area contributed by atoms with Crippen molar-refractivity contribution < 1.29 is 9.53 Å². The summed E-state index contributed by atoms with van der Waals surface area (Å²) in [5.41, 5.74) is 6.28. The number of carbonyl (C=O) groups excluding carboxylic acids is 1. The molecule has 0 spiro atoms. The third kappa shape index (κ3) is 3.39. The largest absolute Gasteiger partial charge is 0.481 e. The van der Waals surface area contributed by atoms with E-state index in [1.807, 2.05) is 0 Å². The maximum Gasteiger partial charge on any atom is 0.260 e. The molecule has 4 nitrogen and oxygen atoms in total. The van der Waals surface area contributed by atoms with E-state index >= 15 is 0 Å². The van der Waals surface area contributed by atoms with Gasteiger partial charge in [0, 0.05) is 11.7 Å². The van der Waals surface area contributed by atoms with Crippen molar-refractivity contribution in [3.8, 4) is 5.75 Å². The fourth-order valence-electron chi connectivity index (χ4n) is 2.19. The third-order valence-electron chi connectivity index (χ3n) is 3.26. The van der Waals surface area contributed by atoms with Gasteiger partial charge in [0.25, 0.3) is 5.91 Å². The number of carbonyl (C=O) groups is 1. The van der Waals surface area contributed by atoms with Gasteiger partial charge in [-0.05, 0) is 44.0 Å². The molecule has 0 aromatic heterocycles. The lowest BCUT2D eigenvalue weighted by Gasteiger charge is -2.18. The van der Waals surface area contributed by atoms with Crippen LogP contribution in [0.25, 0.3) is 0 Å². The highest BCUT2D eigenvalue weighted by Crippen LogP contribution is 2.18. The van der Waals surface area contributed by atoms with Crippen LogP contribution in [0.5, 0.6) is 5.75 Å². The van der Waals surface area contributed by atoms with Crippen LogP contribution in [0.3, 0.4) is 0 Å². The van der Waals surface area contributed by atoms with E-state index in [1.54, 1.807) is 31.2 Å². The zero-order chi connectivity index (χ0) is 13.0. The van der Waals surface area contributed by atoms with Crippen LogP contribution in [0.1, 0.15) is 32.6 Å². The first-order valence-corrected chi connectivity index (χ1v) is 6.48. The van der Waals surface area contributed by atoms with Crippen LogP contribution < -0.4 is 15.8 Å². The molecular weight excluding hydrogens is 228 g/mol. The number of ether oxygens (including phenoxy) is 1. The zero-order valence-corrected chi connectivity index (χ0v) is 10.7. The minimum absolute atomic E-state index is 0.0428. The average Bonchev–Trinajstić information content (AvgIpc) is 2.85. The molecule has 0 aliphatic heterocycles. The van der Waals surface area contributed by atoms with Gasteiger partial charge in [0.15, 0.2) is 6.10 Å². The molecule has 1 aromatic rings. The summed E-state index contributed by atoms with van der Waals surface area (Å²) in [5.74, 6) is 0.622. The van der Waals surface area contributed by atoms with Gasteiger partial charge in [0.05, 0.1) is 0 Å². The van der Waals surface area contributed by atoms with Crippen LogP contribution in [-0.2, 0) is 4.79 Å². The number of benzene rings is 1. The Hall–Kier alpha value is -1.71. The smallest absolute Gasteiger partial charge is 0.260 e. The summed E-state index contributed by atoms with van der Waals surface area (Å²) < 4.78 is 5.57. The first-order chi connectivity index (χ1) is 8.65. The number of hydrogen-bond donors (Lipinski definition) is 2. The van der Waals surface area contributed by atoms with Crippen LogP contribution >= 0.6 is 0 Å². The maximum atomic E-state index is 11.9. The average molecular weight is 248 g/mol. The van der Waals surface area contributed by atoms with Gasteiger partial charge in [0.1, 0.15) is 5.75 Å². The Morgan fingerprint density at radius 1 is 1.33 bits per heavy atom. The number of anilines is 1. The molecule has 1 amide bonds. The minimum Gasteiger partial charge on any atom is -0.481 e. The van der Waals surface area contributed by atoms with E-state index in [9.17, 15) is 4.79 Å². The fraction of sp³-hybridized carbons (Fsp3) is 0.500. The van der Waals surface area contributed by atoms with Gasteiger partial charge in [-0.25, -0.2) is 0 Å². The molecule has 1 fully saturated rings. The zero-order valence-electron chi connectivity index (χ0n) is 10.7. The summed E-state index contributed by atoms with van der Waals surface area (Å²) in [6.07, 6.45) is 4.10. The lowest BCUT2D eigenvalue weighted by Crippen LogP contribution is -2.41. The van der Waals surface area contributed by atoms with Gasteiger partial charge >= 0.3 is 0 Å². The van der Waals surface area contributed by atoms with E-state index in [0.717, 1.165) is 12.8 Å². The molecule has 1 unspecified atom stereocenters. The van der Waals surface area contributed by atoms with Gasteiger partial charge in [-0.15, -0.1) is 0 Å². The van der Waals surface area contributed by atoms with Gasteiger partial charge in [-0.2, -0.15) is 0 Å². The maximum absolute atomic E-state index is 11.9. The number of nitrogens with two attached hydrogens (primary N) is 1. The summed E-state index contributed by atoms with van der Waals surface area (Å²) in [7, 11) is 0. The lowest BCUT2D eigenvalue weighted by molar-refractivity contribution is -0.127.